The minimum atomic E-state index is -0.387. The van der Waals surface area contributed by atoms with Crippen LogP contribution in [-0.2, 0) is 11.2 Å². The summed E-state index contributed by atoms with van der Waals surface area (Å²) in [6.45, 7) is 10.3. The molecule has 0 saturated heterocycles. The van der Waals surface area contributed by atoms with E-state index in [1.165, 1.54) is 11.8 Å². The normalized spacial score (nSPS) is 12.4. The van der Waals surface area contributed by atoms with Crippen molar-refractivity contribution in [3.05, 3.63) is 76.5 Å². The van der Waals surface area contributed by atoms with E-state index in [1.54, 1.807) is 0 Å². The number of hydrogen-bond acceptors (Lipinski definition) is 3. The predicted octanol–water partition coefficient (Wildman–Crippen LogP) is 5.38. The Bertz CT molecular complexity index is 889. The first kappa shape index (κ1) is 21.2. The zero-order chi connectivity index (χ0) is 20.7. The van der Waals surface area contributed by atoms with E-state index in [4.69, 9.17) is 0 Å². The van der Waals surface area contributed by atoms with Gasteiger partial charge in [0, 0.05) is 11.9 Å². The van der Waals surface area contributed by atoms with Crippen LogP contribution in [-0.4, -0.2) is 5.91 Å². The number of nitrogens with one attached hydrogen (secondary N) is 2. The third-order valence-corrected chi connectivity index (χ3v) is 4.89. The molecule has 4 nitrogen and oxygen atoms in total. The van der Waals surface area contributed by atoms with E-state index in [1.807, 2.05) is 44.2 Å². The summed E-state index contributed by atoms with van der Waals surface area (Å²) in [4.78, 5) is 12.6. The van der Waals surface area contributed by atoms with Crippen LogP contribution in [0.4, 0.5) is 5.69 Å². The van der Waals surface area contributed by atoms with Crippen molar-refractivity contribution in [1.82, 2.24) is 5.32 Å². The van der Waals surface area contributed by atoms with E-state index in [0.29, 0.717) is 5.92 Å². The largest absolute Gasteiger partial charge is 0.360 e. The van der Waals surface area contributed by atoms with Gasteiger partial charge in [0.1, 0.15) is 11.6 Å². The molecular weight excluding hydrogens is 346 g/mol. The Morgan fingerprint density at radius 2 is 1.82 bits per heavy atom. The fraction of sp³-hybridized carbons (Fsp3) is 0.333. The van der Waals surface area contributed by atoms with Crippen molar-refractivity contribution >= 4 is 11.6 Å². The smallest absolute Gasteiger partial charge is 0.263 e. The van der Waals surface area contributed by atoms with E-state index in [-0.39, 0.29) is 17.5 Å². The monoisotopic (exact) mass is 375 g/mol. The molecule has 2 rings (SSSR count). The molecule has 2 aromatic carbocycles. The number of anilines is 1. The van der Waals surface area contributed by atoms with Gasteiger partial charge in [-0.1, -0.05) is 63.2 Å². The highest BCUT2D eigenvalue weighted by Crippen LogP contribution is 2.27. The number of aryl methyl sites for hydroxylation is 2. The van der Waals surface area contributed by atoms with Crippen LogP contribution in [0.1, 0.15) is 61.9 Å². The number of carbonyl (C=O) groups is 1. The molecule has 0 saturated carbocycles. The summed E-state index contributed by atoms with van der Waals surface area (Å²) in [6, 6.07) is 16.1. The fourth-order valence-corrected chi connectivity index (χ4v) is 3.06. The molecule has 2 aromatic rings. The number of nitrogens with zero attached hydrogens (tertiary/aromatic N) is 1. The summed E-state index contributed by atoms with van der Waals surface area (Å²) in [7, 11) is 0. The Hall–Kier alpha value is -3.06. The van der Waals surface area contributed by atoms with Crippen molar-refractivity contribution < 1.29 is 4.79 Å². The molecule has 0 radical (unpaired) electrons. The quantitative estimate of drug-likeness (QED) is 0.504. The van der Waals surface area contributed by atoms with Crippen molar-refractivity contribution in [2.24, 2.45) is 0 Å². The fourth-order valence-electron chi connectivity index (χ4n) is 3.06. The molecule has 2 N–H and O–H groups in total. The first-order valence-corrected chi connectivity index (χ1v) is 9.73. The van der Waals surface area contributed by atoms with E-state index < -0.39 is 0 Å². The number of benzene rings is 2. The van der Waals surface area contributed by atoms with Crippen molar-refractivity contribution in [2.75, 3.05) is 5.32 Å². The summed E-state index contributed by atoms with van der Waals surface area (Å²) in [6.07, 6.45) is 2.47. The number of para-hydroxylation sites is 1. The van der Waals surface area contributed by atoms with Crippen molar-refractivity contribution in [3.8, 4) is 6.07 Å². The summed E-state index contributed by atoms with van der Waals surface area (Å²) < 4.78 is 0. The van der Waals surface area contributed by atoms with E-state index >= 15 is 0 Å². The van der Waals surface area contributed by atoms with Gasteiger partial charge in [-0.3, -0.25) is 4.79 Å². The lowest BCUT2D eigenvalue weighted by molar-refractivity contribution is -0.117. The molecular formula is C24H29N3O. The lowest BCUT2D eigenvalue weighted by Gasteiger charge is -2.16. The maximum absolute atomic E-state index is 12.6. The van der Waals surface area contributed by atoms with E-state index in [2.05, 4.69) is 49.6 Å². The summed E-state index contributed by atoms with van der Waals surface area (Å²) >= 11 is 0. The average molecular weight is 376 g/mol. The SMILES string of the molecule is CCc1ccc(C(C)NC(=O)/C(C#N)=C\Nc2c(C)cccc2C(C)C)cc1. The van der Waals surface area contributed by atoms with Gasteiger partial charge in [-0.05, 0) is 48.4 Å². The molecule has 0 aromatic heterocycles. The Labute approximate surface area is 168 Å². The van der Waals surface area contributed by atoms with Crippen molar-refractivity contribution in [1.29, 1.82) is 5.26 Å². The molecule has 4 heteroatoms. The van der Waals surface area contributed by atoms with Gasteiger partial charge in [0.05, 0.1) is 6.04 Å². The Kier molecular flexibility index (Phi) is 7.40. The highest BCUT2D eigenvalue weighted by atomic mass is 16.1. The second-order valence-corrected chi connectivity index (χ2v) is 7.30. The summed E-state index contributed by atoms with van der Waals surface area (Å²) in [5.41, 5.74) is 5.49. The van der Waals surface area contributed by atoms with Gasteiger partial charge in [-0.2, -0.15) is 5.26 Å². The minimum absolute atomic E-state index is 0.0509. The lowest BCUT2D eigenvalue weighted by Crippen LogP contribution is -2.28. The predicted molar refractivity (Wildman–Crippen MR) is 115 cm³/mol. The van der Waals surface area contributed by atoms with Crippen molar-refractivity contribution in [2.45, 2.75) is 53.0 Å². The first-order chi connectivity index (χ1) is 13.4. The van der Waals surface area contributed by atoms with Crippen molar-refractivity contribution in [3.63, 3.8) is 0 Å². The van der Waals surface area contributed by atoms with Gasteiger partial charge >= 0.3 is 0 Å². The lowest BCUT2D eigenvalue weighted by atomic mass is 9.98. The highest BCUT2D eigenvalue weighted by molar-refractivity contribution is 5.97. The minimum Gasteiger partial charge on any atom is -0.360 e. The van der Waals surface area contributed by atoms with Gasteiger partial charge in [0.25, 0.3) is 5.91 Å². The molecule has 0 fully saturated rings. The molecule has 0 aliphatic heterocycles. The number of nitriles is 1. The van der Waals surface area contributed by atoms with Gasteiger partial charge in [-0.25, -0.2) is 0 Å². The zero-order valence-corrected chi connectivity index (χ0v) is 17.3. The van der Waals surface area contributed by atoms with Crippen LogP contribution in [0.25, 0.3) is 0 Å². The van der Waals surface area contributed by atoms with Crippen LogP contribution in [0.2, 0.25) is 0 Å². The topological polar surface area (TPSA) is 64.9 Å². The number of hydrogen-bond donors (Lipinski definition) is 2. The highest BCUT2D eigenvalue weighted by Gasteiger charge is 2.15. The molecule has 0 spiro atoms. The number of amides is 1. The zero-order valence-electron chi connectivity index (χ0n) is 17.3. The standard InChI is InChI=1S/C24H29N3O/c1-6-19-10-12-20(13-11-19)18(5)27-24(28)21(14-25)15-26-23-17(4)8-7-9-22(23)16(2)3/h7-13,15-16,18,26H,6H2,1-5H3,(H,27,28)/b21-15-. The van der Waals surface area contributed by atoms with E-state index in [9.17, 15) is 10.1 Å². The van der Waals surface area contributed by atoms with Gasteiger partial charge in [-0.15, -0.1) is 0 Å². The first-order valence-electron chi connectivity index (χ1n) is 9.73. The molecule has 1 amide bonds. The Morgan fingerprint density at radius 3 is 2.39 bits per heavy atom. The molecule has 1 atom stereocenters. The third kappa shape index (κ3) is 5.23. The molecule has 0 bridgehead atoms. The molecule has 28 heavy (non-hydrogen) atoms. The van der Waals surface area contributed by atoms with Gasteiger partial charge in [0.2, 0.25) is 0 Å². The summed E-state index contributed by atoms with van der Waals surface area (Å²) in [5.74, 6) is -0.0528. The Morgan fingerprint density at radius 1 is 1.14 bits per heavy atom. The molecule has 1 unspecified atom stereocenters. The van der Waals surface area contributed by atoms with Crippen LogP contribution < -0.4 is 10.6 Å². The second kappa shape index (κ2) is 9.75. The maximum atomic E-state index is 12.6. The maximum Gasteiger partial charge on any atom is 0.263 e. The molecule has 146 valence electrons. The van der Waals surface area contributed by atoms with Crippen LogP contribution in [0.3, 0.4) is 0 Å². The van der Waals surface area contributed by atoms with Gasteiger partial charge < -0.3 is 10.6 Å². The third-order valence-electron chi connectivity index (χ3n) is 4.89. The van der Waals surface area contributed by atoms with Crippen LogP contribution in [0, 0.1) is 18.3 Å². The van der Waals surface area contributed by atoms with Crippen LogP contribution in [0.15, 0.2) is 54.2 Å². The number of rotatable bonds is 7. The molecule has 0 aliphatic carbocycles. The summed E-state index contributed by atoms with van der Waals surface area (Å²) in [5, 5.41) is 15.5. The van der Waals surface area contributed by atoms with Crippen LogP contribution >= 0.6 is 0 Å². The van der Waals surface area contributed by atoms with E-state index in [0.717, 1.165) is 28.8 Å². The molecule has 0 heterocycles. The second-order valence-electron chi connectivity index (χ2n) is 7.30. The van der Waals surface area contributed by atoms with Crippen LogP contribution in [0.5, 0.6) is 0 Å². The Balaban J connectivity index is 2.14. The molecule has 0 aliphatic rings. The number of carbonyl (C=O) groups excluding carboxylic acids is 1. The average Bonchev–Trinajstić information content (AvgIpc) is 2.69. The van der Waals surface area contributed by atoms with Gasteiger partial charge in [0.15, 0.2) is 0 Å².